The summed E-state index contributed by atoms with van der Waals surface area (Å²) in [7, 11) is 2.24. The van der Waals surface area contributed by atoms with Crippen LogP contribution in [0.3, 0.4) is 0 Å². The van der Waals surface area contributed by atoms with Crippen molar-refractivity contribution in [1.29, 1.82) is 0 Å². The third-order valence-corrected chi connectivity index (χ3v) is 7.02. The van der Waals surface area contributed by atoms with E-state index in [-0.39, 0.29) is 0 Å². The Bertz CT molecular complexity index is 864. The van der Waals surface area contributed by atoms with Crippen molar-refractivity contribution in [1.82, 2.24) is 9.47 Å². The summed E-state index contributed by atoms with van der Waals surface area (Å²) >= 11 is 6.34. The number of nitrogens with zero attached hydrogens (tertiary/aromatic N) is 2. The van der Waals surface area contributed by atoms with E-state index in [1.54, 1.807) is 11.1 Å². The van der Waals surface area contributed by atoms with Crippen LogP contribution in [0.2, 0.25) is 5.02 Å². The van der Waals surface area contributed by atoms with Crippen molar-refractivity contribution >= 4 is 22.5 Å². The minimum absolute atomic E-state index is 0.419. The second kappa shape index (κ2) is 6.42. The maximum Gasteiger partial charge on any atom is 0.0487 e. The Labute approximate surface area is 161 Å². The van der Waals surface area contributed by atoms with Crippen LogP contribution >= 0.6 is 11.6 Å². The number of hydrogen-bond donors (Lipinski definition) is 0. The maximum atomic E-state index is 6.34. The third kappa shape index (κ3) is 3.01. The molecule has 2 saturated carbocycles. The lowest BCUT2D eigenvalue weighted by molar-refractivity contribution is 0.300. The first-order valence-corrected chi connectivity index (χ1v) is 10.7. The molecule has 1 aliphatic heterocycles. The van der Waals surface area contributed by atoms with E-state index in [9.17, 15) is 0 Å². The van der Waals surface area contributed by atoms with Crippen molar-refractivity contribution in [3.8, 4) is 0 Å². The summed E-state index contributed by atoms with van der Waals surface area (Å²) in [4.78, 5) is 2.46. The van der Waals surface area contributed by atoms with Crippen LogP contribution in [0.25, 0.3) is 10.9 Å². The van der Waals surface area contributed by atoms with Crippen LogP contribution in [0.5, 0.6) is 0 Å². The van der Waals surface area contributed by atoms with E-state index in [0.717, 1.165) is 31.1 Å². The Hall–Kier alpha value is -1.25. The van der Waals surface area contributed by atoms with Crippen molar-refractivity contribution < 1.29 is 0 Å². The highest BCUT2D eigenvalue weighted by molar-refractivity contribution is 6.31. The summed E-state index contributed by atoms with van der Waals surface area (Å²) in [5.41, 5.74) is 6.62. The number of halogens is 1. The molecule has 2 aromatic rings. The van der Waals surface area contributed by atoms with Gasteiger partial charge < -0.3 is 9.47 Å². The molecule has 2 heterocycles. The van der Waals surface area contributed by atoms with Crippen molar-refractivity contribution in [3.05, 3.63) is 46.1 Å². The van der Waals surface area contributed by atoms with Gasteiger partial charge in [0.05, 0.1) is 0 Å². The predicted octanol–water partition coefficient (Wildman–Crippen LogP) is 5.95. The lowest BCUT2D eigenvalue weighted by atomic mass is 9.90. The highest BCUT2D eigenvalue weighted by Gasteiger charge is 2.42. The molecule has 1 aromatic heterocycles. The minimum Gasteiger partial charge on any atom is -0.342 e. The molecule has 3 aliphatic rings. The largest absolute Gasteiger partial charge is 0.342 e. The Morgan fingerprint density at radius 2 is 1.92 bits per heavy atom. The Morgan fingerprint density at radius 3 is 2.69 bits per heavy atom. The van der Waals surface area contributed by atoms with E-state index < -0.39 is 0 Å². The van der Waals surface area contributed by atoms with E-state index in [0.29, 0.717) is 5.41 Å². The minimum atomic E-state index is 0.419. The summed E-state index contributed by atoms with van der Waals surface area (Å²) in [5, 5.41) is 2.25. The quantitative estimate of drug-likeness (QED) is 0.607. The molecule has 0 unspecified atom stereocenters. The zero-order valence-electron chi connectivity index (χ0n) is 15.9. The highest BCUT2D eigenvalue weighted by Crippen LogP contribution is 2.51. The summed E-state index contributed by atoms with van der Waals surface area (Å²) < 4.78 is 2.64. The van der Waals surface area contributed by atoms with Crippen LogP contribution in [0.15, 0.2) is 29.8 Å². The van der Waals surface area contributed by atoms with Crippen LogP contribution in [0.1, 0.15) is 56.2 Å². The van der Waals surface area contributed by atoms with E-state index in [2.05, 4.69) is 40.8 Å². The smallest absolute Gasteiger partial charge is 0.0487 e. The van der Waals surface area contributed by atoms with Gasteiger partial charge in [-0.15, -0.1) is 0 Å². The van der Waals surface area contributed by atoms with Gasteiger partial charge in [-0.1, -0.05) is 29.7 Å². The maximum absolute atomic E-state index is 6.34. The Kier molecular flexibility index (Phi) is 4.17. The zero-order valence-corrected chi connectivity index (χ0v) is 16.6. The standard InChI is InChI=1S/C23H29ClN2/c1-25-12-9-19-20-13-18(24)7-8-21(20)26(22(19)15-25)16-23(10-11-23)14-17-5-3-2-4-6-17/h7-8,13-14H,2-6,9-12,15-16H2,1H3. The number of benzene rings is 1. The fourth-order valence-corrected chi connectivity index (χ4v) is 5.31. The van der Waals surface area contributed by atoms with E-state index in [1.807, 2.05) is 0 Å². The van der Waals surface area contributed by atoms with Crippen molar-refractivity contribution in [2.24, 2.45) is 5.41 Å². The molecule has 0 spiro atoms. The van der Waals surface area contributed by atoms with Gasteiger partial charge in [-0.2, -0.15) is 0 Å². The van der Waals surface area contributed by atoms with Gasteiger partial charge >= 0.3 is 0 Å². The van der Waals surface area contributed by atoms with Gasteiger partial charge in [0, 0.05) is 46.7 Å². The first-order chi connectivity index (χ1) is 12.6. The Balaban J connectivity index is 1.55. The second-order valence-corrected chi connectivity index (χ2v) is 9.32. The normalized spacial score (nSPS) is 22.5. The topological polar surface area (TPSA) is 8.17 Å². The fraction of sp³-hybridized carbons (Fsp3) is 0.565. The molecule has 0 saturated heterocycles. The van der Waals surface area contributed by atoms with Gasteiger partial charge in [-0.3, -0.25) is 0 Å². The Morgan fingerprint density at radius 1 is 1.12 bits per heavy atom. The molecule has 26 heavy (non-hydrogen) atoms. The first kappa shape index (κ1) is 16.9. The molecule has 0 N–H and O–H groups in total. The number of allylic oxidation sites excluding steroid dienone is 2. The summed E-state index contributed by atoms with van der Waals surface area (Å²) in [5.74, 6) is 0. The van der Waals surface area contributed by atoms with Crippen molar-refractivity contribution in [2.75, 3.05) is 13.6 Å². The van der Waals surface area contributed by atoms with Crippen LogP contribution in [0, 0.1) is 5.41 Å². The third-order valence-electron chi connectivity index (χ3n) is 6.78. The molecule has 5 rings (SSSR count). The van der Waals surface area contributed by atoms with E-state index in [1.165, 1.54) is 61.5 Å². The molecule has 138 valence electrons. The number of aromatic nitrogens is 1. The molecule has 2 fully saturated rings. The monoisotopic (exact) mass is 368 g/mol. The lowest BCUT2D eigenvalue weighted by Crippen LogP contribution is -2.28. The zero-order chi connectivity index (χ0) is 17.7. The average molecular weight is 369 g/mol. The molecule has 1 aromatic carbocycles. The molecule has 2 aliphatic carbocycles. The van der Waals surface area contributed by atoms with Crippen LogP contribution in [0.4, 0.5) is 0 Å². The van der Waals surface area contributed by atoms with Gasteiger partial charge in [-0.25, -0.2) is 0 Å². The van der Waals surface area contributed by atoms with Crippen molar-refractivity contribution in [2.45, 2.75) is 64.5 Å². The second-order valence-electron chi connectivity index (χ2n) is 8.89. The first-order valence-electron chi connectivity index (χ1n) is 10.3. The van der Waals surface area contributed by atoms with Gasteiger partial charge in [0.25, 0.3) is 0 Å². The molecule has 0 bridgehead atoms. The molecule has 2 nitrogen and oxygen atoms in total. The molecular weight excluding hydrogens is 340 g/mol. The van der Waals surface area contributed by atoms with Gasteiger partial charge in [-0.05, 0) is 75.8 Å². The van der Waals surface area contributed by atoms with Crippen molar-refractivity contribution in [3.63, 3.8) is 0 Å². The SMILES string of the molecule is CN1CCc2c(n(CC3(C=C4CCCCC4)CC3)c3ccc(Cl)cc23)C1. The highest BCUT2D eigenvalue weighted by atomic mass is 35.5. The summed E-state index contributed by atoms with van der Waals surface area (Å²) in [6.07, 6.45) is 13.4. The average Bonchev–Trinajstić information content (AvgIpc) is 3.33. The number of likely N-dealkylation sites (N-methyl/N-ethyl adjacent to an activating group) is 1. The molecule has 3 heteroatoms. The van der Waals surface area contributed by atoms with E-state index >= 15 is 0 Å². The van der Waals surface area contributed by atoms with Crippen LogP contribution in [-0.4, -0.2) is 23.1 Å². The lowest BCUT2D eigenvalue weighted by Gasteiger charge is -2.26. The number of hydrogen-bond acceptors (Lipinski definition) is 1. The van der Waals surface area contributed by atoms with Gasteiger partial charge in [0.15, 0.2) is 0 Å². The van der Waals surface area contributed by atoms with E-state index in [4.69, 9.17) is 11.6 Å². The summed E-state index contributed by atoms with van der Waals surface area (Å²) in [6.45, 7) is 3.36. The van der Waals surface area contributed by atoms with Gasteiger partial charge in [0.2, 0.25) is 0 Å². The fourth-order valence-electron chi connectivity index (χ4n) is 5.13. The molecule has 0 radical (unpaired) electrons. The van der Waals surface area contributed by atoms with Gasteiger partial charge in [0.1, 0.15) is 0 Å². The molecule has 0 atom stereocenters. The molecular formula is C23H29ClN2. The predicted molar refractivity (Wildman–Crippen MR) is 110 cm³/mol. The molecule has 0 amide bonds. The summed E-state index contributed by atoms with van der Waals surface area (Å²) in [6, 6.07) is 6.51. The van der Waals surface area contributed by atoms with Crippen LogP contribution in [-0.2, 0) is 19.5 Å². The van der Waals surface area contributed by atoms with Crippen LogP contribution < -0.4 is 0 Å². The number of rotatable bonds is 3. The number of fused-ring (bicyclic) bond motifs is 3.